The Labute approximate surface area is 103 Å². The minimum atomic E-state index is 0.327. The largest absolute Gasteiger partial charge is 0.508 e. The number of nitrogens with zero attached hydrogens (tertiary/aromatic N) is 1. The topological polar surface area (TPSA) is 35.5 Å². The fraction of sp³-hybridized carbons (Fsp3) is 0.571. The number of likely N-dealkylation sites (N-methyl/N-ethyl adjacent to an activating group) is 1. The summed E-state index contributed by atoms with van der Waals surface area (Å²) in [6, 6.07) is 8.65. The first-order valence-electron chi connectivity index (χ1n) is 6.52. The fourth-order valence-corrected chi connectivity index (χ4v) is 2.64. The van der Waals surface area contributed by atoms with E-state index in [0.29, 0.717) is 17.8 Å². The molecule has 1 aliphatic rings. The van der Waals surface area contributed by atoms with E-state index in [1.54, 1.807) is 6.07 Å². The van der Waals surface area contributed by atoms with Crippen LogP contribution in [-0.2, 0) is 0 Å². The molecule has 1 heterocycles. The van der Waals surface area contributed by atoms with Gasteiger partial charge in [-0.3, -0.25) is 4.90 Å². The first-order valence-corrected chi connectivity index (χ1v) is 6.52. The van der Waals surface area contributed by atoms with E-state index in [4.69, 9.17) is 0 Å². The number of para-hydroxylation sites is 1. The van der Waals surface area contributed by atoms with Crippen LogP contribution in [0.3, 0.4) is 0 Å². The molecule has 1 aliphatic heterocycles. The Morgan fingerprint density at radius 2 is 2.06 bits per heavy atom. The quantitative estimate of drug-likeness (QED) is 0.819. The molecule has 3 nitrogen and oxygen atoms in total. The number of benzene rings is 1. The highest BCUT2D eigenvalue weighted by atomic mass is 16.3. The molecule has 1 aromatic carbocycles. The lowest BCUT2D eigenvalue weighted by Crippen LogP contribution is -2.57. The monoisotopic (exact) mass is 234 g/mol. The molecule has 94 valence electrons. The molecule has 1 aromatic rings. The summed E-state index contributed by atoms with van der Waals surface area (Å²) >= 11 is 0. The van der Waals surface area contributed by atoms with E-state index < -0.39 is 0 Å². The molecule has 0 amide bonds. The zero-order chi connectivity index (χ0) is 12.3. The highest BCUT2D eigenvalue weighted by Gasteiger charge is 2.30. The molecule has 17 heavy (non-hydrogen) atoms. The van der Waals surface area contributed by atoms with Gasteiger partial charge in [-0.25, -0.2) is 0 Å². The van der Waals surface area contributed by atoms with Crippen molar-refractivity contribution in [1.82, 2.24) is 10.2 Å². The van der Waals surface area contributed by atoms with Crippen LogP contribution in [0.4, 0.5) is 0 Å². The molecule has 0 aromatic heterocycles. The second-order valence-corrected chi connectivity index (χ2v) is 4.63. The van der Waals surface area contributed by atoms with Crippen LogP contribution in [0.1, 0.15) is 31.9 Å². The summed E-state index contributed by atoms with van der Waals surface area (Å²) in [5.74, 6) is 0.421. The van der Waals surface area contributed by atoms with Gasteiger partial charge in [0.25, 0.3) is 0 Å². The lowest BCUT2D eigenvalue weighted by Gasteiger charge is -2.42. The number of nitrogens with one attached hydrogen (secondary N) is 1. The summed E-state index contributed by atoms with van der Waals surface area (Å²) in [7, 11) is 0. The van der Waals surface area contributed by atoms with E-state index in [2.05, 4.69) is 24.1 Å². The van der Waals surface area contributed by atoms with Crippen molar-refractivity contribution < 1.29 is 5.11 Å². The van der Waals surface area contributed by atoms with E-state index in [0.717, 1.165) is 31.6 Å². The normalized spacial score (nSPS) is 18.1. The smallest absolute Gasteiger partial charge is 0.120 e. The Hall–Kier alpha value is -1.06. The predicted molar refractivity (Wildman–Crippen MR) is 70.2 cm³/mol. The standard InChI is InChI=1S/C14H22N2O/c1-3-13(12-7-5-6-8-14(12)17)16(4-2)11-9-15-10-11/h5-8,11,13,15,17H,3-4,9-10H2,1-2H3. The molecule has 1 fully saturated rings. The average Bonchev–Trinajstić information content (AvgIpc) is 2.28. The number of hydrogen-bond donors (Lipinski definition) is 2. The van der Waals surface area contributed by atoms with Gasteiger partial charge in [-0.15, -0.1) is 0 Å². The van der Waals surface area contributed by atoms with Crippen LogP contribution in [0.2, 0.25) is 0 Å². The van der Waals surface area contributed by atoms with Gasteiger partial charge in [-0.1, -0.05) is 32.0 Å². The van der Waals surface area contributed by atoms with E-state index in [1.807, 2.05) is 18.2 Å². The lowest BCUT2D eigenvalue weighted by molar-refractivity contribution is 0.0967. The van der Waals surface area contributed by atoms with Crippen molar-refractivity contribution in [3.8, 4) is 5.75 Å². The van der Waals surface area contributed by atoms with Crippen LogP contribution in [-0.4, -0.2) is 35.7 Å². The molecule has 3 heteroatoms. The predicted octanol–water partition coefficient (Wildman–Crippen LogP) is 2.14. The second kappa shape index (κ2) is 5.52. The Morgan fingerprint density at radius 3 is 2.53 bits per heavy atom. The molecule has 1 saturated heterocycles. The SMILES string of the molecule is CCC(c1ccccc1O)N(CC)C1CNC1. The minimum absolute atomic E-state index is 0.327. The first kappa shape index (κ1) is 12.4. The summed E-state index contributed by atoms with van der Waals surface area (Å²) in [6.07, 6.45) is 1.03. The van der Waals surface area contributed by atoms with Crippen molar-refractivity contribution in [1.29, 1.82) is 0 Å². The Balaban J connectivity index is 2.22. The highest BCUT2D eigenvalue weighted by Crippen LogP contribution is 2.32. The number of aromatic hydroxyl groups is 1. The third-order valence-corrected chi connectivity index (χ3v) is 3.68. The van der Waals surface area contributed by atoms with Gasteiger partial charge in [0.15, 0.2) is 0 Å². The third kappa shape index (κ3) is 2.45. The van der Waals surface area contributed by atoms with Gasteiger partial charge < -0.3 is 10.4 Å². The van der Waals surface area contributed by atoms with Crippen LogP contribution in [0.15, 0.2) is 24.3 Å². The molecule has 0 saturated carbocycles. The lowest BCUT2D eigenvalue weighted by atomic mass is 9.98. The van der Waals surface area contributed by atoms with Crippen LogP contribution in [0, 0.1) is 0 Å². The number of rotatable bonds is 5. The van der Waals surface area contributed by atoms with E-state index in [-0.39, 0.29) is 0 Å². The highest BCUT2D eigenvalue weighted by molar-refractivity contribution is 5.34. The summed E-state index contributed by atoms with van der Waals surface area (Å²) in [6.45, 7) is 7.54. The zero-order valence-electron chi connectivity index (χ0n) is 10.7. The zero-order valence-corrected chi connectivity index (χ0v) is 10.7. The fourth-order valence-electron chi connectivity index (χ4n) is 2.64. The van der Waals surface area contributed by atoms with Crippen molar-refractivity contribution in [3.05, 3.63) is 29.8 Å². The van der Waals surface area contributed by atoms with Gasteiger partial charge in [0.2, 0.25) is 0 Å². The first-order chi connectivity index (χ1) is 8.27. The van der Waals surface area contributed by atoms with Crippen molar-refractivity contribution in [2.75, 3.05) is 19.6 Å². The van der Waals surface area contributed by atoms with Crippen molar-refractivity contribution in [2.24, 2.45) is 0 Å². The van der Waals surface area contributed by atoms with Crippen molar-refractivity contribution >= 4 is 0 Å². The van der Waals surface area contributed by atoms with Gasteiger partial charge in [0.1, 0.15) is 5.75 Å². The third-order valence-electron chi connectivity index (χ3n) is 3.68. The molecule has 2 rings (SSSR count). The number of phenols is 1. The van der Waals surface area contributed by atoms with Gasteiger partial charge in [0, 0.05) is 30.7 Å². The van der Waals surface area contributed by atoms with Gasteiger partial charge in [0.05, 0.1) is 0 Å². The molecular formula is C14H22N2O. The molecule has 2 N–H and O–H groups in total. The van der Waals surface area contributed by atoms with E-state index in [9.17, 15) is 5.11 Å². The molecule has 0 aliphatic carbocycles. The molecule has 1 atom stereocenters. The molecule has 1 unspecified atom stereocenters. The van der Waals surface area contributed by atoms with Gasteiger partial charge in [-0.2, -0.15) is 0 Å². The summed E-state index contributed by atoms with van der Waals surface area (Å²) in [5.41, 5.74) is 1.06. The Kier molecular flexibility index (Phi) is 4.02. The molecular weight excluding hydrogens is 212 g/mol. The van der Waals surface area contributed by atoms with Gasteiger partial charge >= 0.3 is 0 Å². The molecule has 0 bridgehead atoms. The maximum atomic E-state index is 9.99. The number of phenolic OH excluding ortho intramolecular Hbond substituents is 1. The Morgan fingerprint density at radius 1 is 1.35 bits per heavy atom. The summed E-state index contributed by atoms with van der Waals surface area (Å²) in [5, 5.41) is 13.3. The van der Waals surface area contributed by atoms with Crippen molar-refractivity contribution in [3.63, 3.8) is 0 Å². The van der Waals surface area contributed by atoms with Crippen LogP contribution < -0.4 is 5.32 Å². The maximum absolute atomic E-state index is 9.99. The molecule has 0 radical (unpaired) electrons. The van der Waals surface area contributed by atoms with Crippen LogP contribution >= 0.6 is 0 Å². The number of hydrogen-bond acceptors (Lipinski definition) is 3. The summed E-state index contributed by atoms with van der Waals surface area (Å²) in [4.78, 5) is 2.49. The Bertz CT molecular complexity index is 363. The maximum Gasteiger partial charge on any atom is 0.120 e. The molecule has 0 spiro atoms. The second-order valence-electron chi connectivity index (χ2n) is 4.63. The van der Waals surface area contributed by atoms with Crippen molar-refractivity contribution in [2.45, 2.75) is 32.4 Å². The van der Waals surface area contributed by atoms with Crippen LogP contribution in [0.25, 0.3) is 0 Å². The van der Waals surface area contributed by atoms with Gasteiger partial charge in [-0.05, 0) is 19.0 Å². The van der Waals surface area contributed by atoms with Crippen LogP contribution in [0.5, 0.6) is 5.75 Å². The minimum Gasteiger partial charge on any atom is -0.508 e. The van der Waals surface area contributed by atoms with E-state index in [1.165, 1.54) is 0 Å². The van der Waals surface area contributed by atoms with E-state index >= 15 is 0 Å². The summed E-state index contributed by atoms with van der Waals surface area (Å²) < 4.78 is 0. The average molecular weight is 234 g/mol.